The number of nitrogens with zero attached hydrogens (tertiary/aromatic N) is 3. The van der Waals surface area contributed by atoms with Gasteiger partial charge >= 0.3 is 0 Å². The third-order valence-corrected chi connectivity index (χ3v) is 3.55. The average molecular weight is 294 g/mol. The lowest BCUT2D eigenvalue weighted by Gasteiger charge is -2.17. The Bertz CT molecular complexity index is 799. The van der Waals surface area contributed by atoms with Crippen molar-refractivity contribution in [3.8, 4) is 0 Å². The quantitative estimate of drug-likeness (QED) is 0.752. The van der Waals surface area contributed by atoms with Gasteiger partial charge in [0.1, 0.15) is 4.99 Å². The predicted octanol–water partition coefficient (Wildman–Crippen LogP) is 3.03. The minimum Gasteiger partial charge on any atom is -0.389 e. The molecule has 0 bridgehead atoms. The van der Waals surface area contributed by atoms with Crippen LogP contribution in [0.25, 0.3) is 10.9 Å². The molecule has 5 heteroatoms. The Labute approximate surface area is 128 Å². The van der Waals surface area contributed by atoms with Crippen LogP contribution >= 0.6 is 12.2 Å². The number of thiocarbonyl (C=S) groups is 1. The molecule has 0 unspecified atom stereocenters. The third-order valence-electron chi connectivity index (χ3n) is 3.32. The first kappa shape index (κ1) is 13.5. The lowest BCUT2D eigenvalue weighted by atomic mass is 10.2. The number of aromatic nitrogens is 2. The monoisotopic (exact) mass is 294 g/mol. The molecule has 0 aliphatic rings. The number of rotatable bonds is 3. The van der Waals surface area contributed by atoms with Gasteiger partial charge in [0, 0.05) is 29.9 Å². The van der Waals surface area contributed by atoms with Gasteiger partial charge in [0.2, 0.25) is 5.95 Å². The standard InChI is InChI=1S/C16H14N4S/c1-20(13-8-6-11(7-9-13)15(17)21)16-18-10-12-4-2-3-5-14(12)19-16/h2-10H,1H3,(H2,17,21). The van der Waals surface area contributed by atoms with Crippen LogP contribution in [0.3, 0.4) is 0 Å². The molecular formula is C16H14N4S. The molecular weight excluding hydrogens is 280 g/mol. The van der Waals surface area contributed by atoms with Crippen molar-refractivity contribution in [1.82, 2.24) is 9.97 Å². The molecule has 0 radical (unpaired) electrons. The number of para-hydroxylation sites is 1. The summed E-state index contributed by atoms with van der Waals surface area (Å²) in [5.41, 5.74) is 8.36. The minimum absolute atomic E-state index is 0.395. The summed E-state index contributed by atoms with van der Waals surface area (Å²) in [5, 5.41) is 1.03. The molecule has 0 aliphatic heterocycles. The molecule has 0 atom stereocenters. The van der Waals surface area contributed by atoms with E-state index in [0.717, 1.165) is 22.2 Å². The highest BCUT2D eigenvalue weighted by Crippen LogP contribution is 2.22. The Morgan fingerprint density at radius 2 is 1.81 bits per heavy atom. The Hall–Kier alpha value is -2.53. The van der Waals surface area contributed by atoms with Crippen molar-refractivity contribution in [3.63, 3.8) is 0 Å². The summed E-state index contributed by atoms with van der Waals surface area (Å²) in [6, 6.07) is 15.6. The molecule has 3 rings (SSSR count). The molecule has 1 heterocycles. The predicted molar refractivity (Wildman–Crippen MR) is 89.9 cm³/mol. The zero-order valence-corrected chi connectivity index (χ0v) is 12.3. The lowest BCUT2D eigenvalue weighted by Crippen LogP contribution is -2.14. The van der Waals surface area contributed by atoms with E-state index >= 15 is 0 Å². The van der Waals surface area contributed by atoms with Gasteiger partial charge in [-0.25, -0.2) is 9.97 Å². The molecule has 0 fully saturated rings. The van der Waals surface area contributed by atoms with Crippen molar-refractivity contribution in [2.24, 2.45) is 5.73 Å². The Morgan fingerprint density at radius 3 is 2.52 bits per heavy atom. The second-order valence-electron chi connectivity index (χ2n) is 4.70. The van der Waals surface area contributed by atoms with E-state index in [9.17, 15) is 0 Å². The zero-order valence-electron chi connectivity index (χ0n) is 11.5. The van der Waals surface area contributed by atoms with Gasteiger partial charge in [0.25, 0.3) is 0 Å². The number of hydrogen-bond acceptors (Lipinski definition) is 4. The topological polar surface area (TPSA) is 55.0 Å². The summed E-state index contributed by atoms with van der Waals surface area (Å²) >= 11 is 4.96. The number of fused-ring (bicyclic) bond motifs is 1. The van der Waals surface area contributed by atoms with Crippen LogP contribution in [0.1, 0.15) is 5.56 Å². The fourth-order valence-electron chi connectivity index (χ4n) is 2.09. The number of hydrogen-bond donors (Lipinski definition) is 1. The SMILES string of the molecule is CN(c1ccc(C(N)=S)cc1)c1ncc2ccccc2n1. The van der Waals surface area contributed by atoms with E-state index in [4.69, 9.17) is 18.0 Å². The molecule has 0 spiro atoms. The largest absolute Gasteiger partial charge is 0.389 e. The first-order chi connectivity index (χ1) is 10.1. The van der Waals surface area contributed by atoms with Crippen molar-refractivity contribution in [2.45, 2.75) is 0 Å². The van der Waals surface area contributed by atoms with Crippen LogP contribution < -0.4 is 10.6 Å². The zero-order chi connectivity index (χ0) is 14.8. The maximum Gasteiger partial charge on any atom is 0.230 e. The summed E-state index contributed by atoms with van der Waals surface area (Å²) in [5.74, 6) is 0.650. The first-order valence-electron chi connectivity index (χ1n) is 6.50. The Kier molecular flexibility index (Phi) is 3.50. The minimum atomic E-state index is 0.395. The maximum atomic E-state index is 5.61. The molecule has 3 aromatic rings. The summed E-state index contributed by atoms with van der Waals surface area (Å²) in [6.07, 6.45) is 1.83. The molecule has 2 aromatic carbocycles. The van der Waals surface area contributed by atoms with Gasteiger partial charge in [0.15, 0.2) is 0 Å². The van der Waals surface area contributed by atoms with Gasteiger partial charge in [-0.1, -0.05) is 30.4 Å². The van der Waals surface area contributed by atoms with Crippen molar-refractivity contribution in [2.75, 3.05) is 11.9 Å². The van der Waals surface area contributed by atoms with Crippen molar-refractivity contribution in [3.05, 3.63) is 60.3 Å². The average Bonchev–Trinajstić information content (AvgIpc) is 2.54. The van der Waals surface area contributed by atoms with Crippen LogP contribution in [-0.4, -0.2) is 22.0 Å². The van der Waals surface area contributed by atoms with Gasteiger partial charge < -0.3 is 10.6 Å². The van der Waals surface area contributed by atoms with Crippen molar-refractivity contribution < 1.29 is 0 Å². The van der Waals surface area contributed by atoms with Crippen LogP contribution in [0.5, 0.6) is 0 Å². The number of benzene rings is 2. The van der Waals surface area contributed by atoms with E-state index in [-0.39, 0.29) is 0 Å². The van der Waals surface area contributed by atoms with E-state index in [1.807, 2.05) is 66.7 Å². The third kappa shape index (κ3) is 2.68. The van der Waals surface area contributed by atoms with E-state index in [0.29, 0.717) is 10.9 Å². The van der Waals surface area contributed by atoms with E-state index in [1.165, 1.54) is 0 Å². The first-order valence-corrected chi connectivity index (χ1v) is 6.91. The molecule has 1 aromatic heterocycles. The van der Waals surface area contributed by atoms with Crippen LogP contribution in [0.4, 0.5) is 11.6 Å². The molecule has 2 N–H and O–H groups in total. The van der Waals surface area contributed by atoms with E-state index < -0.39 is 0 Å². The smallest absolute Gasteiger partial charge is 0.230 e. The number of anilines is 2. The summed E-state index contributed by atoms with van der Waals surface area (Å²) < 4.78 is 0. The summed E-state index contributed by atoms with van der Waals surface area (Å²) in [6.45, 7) is 0. The van der Waals surface area contributed by atoms with Gasteiger partial charge in [-0.2, -0.15) is 0 Å². The van der Waals surface area contributed by atoms with E-state index in [1.54, 1.807) is 0 Å². The number of nitrogens with two attached hydrogens (primary N) is 1. The molecule has 0 amide bonds. The van der Waals surface area contributed by atoms with Gasteiger partial charge in [0.05, 0.1) is 5.52 Å². The second kappa shape index (κ2) is 5.46. The van der Waals surface area contributed by atoms with Crippen LogP contribution in [0, 0.1) is 0 Å². The summed E-state index contributed by atoms with van der Waals surface area (Å²) in [7, 11) is 1.93. The van der Waals surface area contributed by atoms with Crippen LogP contribution in [0.2, 0.25) is 0 Å². The highest BCUT2D eigenvalue weighted by atomic mass is 32.1. The molecule has 0 aliphatic carbocycles. The Morgan fingerprint density at radius 1 is 1.10 bits per heavy atom. The van der Waals surface area contributed by atoms with Gasteiger partial charge in [-0.05, 0) is 30.3 Å². The normalized spacial score (nSPS) is 10.5. The van der Waals surface area contributed by atoms with Crippen LogP contribution in [0.15, 0.2) is 54.7 Å². The highest BCUT2D eigenvalue weighted by molar-refractivity contribution is 7.80. The van der Waals surface area contributed by atoms with Gasteiger partial charge in [-0.15, -0.1) is 0 Å². The lowest BCUT2D eigenvalue weighted by molar-refractivity contribution is 1.07. The molecule has 0 saturated carbocycles. The van der Waals surface area contributed by atoms with E-state index in [2.05, 4.69) is 9.97 Å². The molecule has 0 saturated heterocycles. The molecule has 21 heavy (non-hydrogen) atoms. The van der Waals surface area contributed by atoms with Crippen molar-refractivity contribution >= 4 is 39.7 Å². The maximum absolute atomic E-state index is 5.61. The highest BCUT2D eigenvalue weighted by Gasteiger charge is 2.08. The fourth-order valence-corrected chi connectivity index (χ4v) is 2.22. The summed E-state index contributed by atoms with van der Waals surface area (Å²) in [4.78, 5) is 11.3. The molecule has 104 valence electrons. The fraction of sp³-hybridized carbons (Fsp3) is 0.0625. The molecule has 4 nitrogen and oxygen atoms in total. The Balaban J connectivity index is 1.95. The van der Waals surface area contributed by atoms with Crippen molar-refractivity contribution in [1.29, 1.82) is 0 Å². The van der Waals surface area contributed by atoms with Gasteiger partial charge in [-0.3, -0.25) is 0 Å². The van der Waals surface area contributed by atoms with Crippen LogP contribution in [-0.2, 0) is 0 Å². The second-order valence-corrected chi connectivity index (χ2v) is 5.14.